The lowest BCUT2D eigenvalue weighted by Crippen LogP contribution is -2.33. The summed E-state index contributed by atoms with van der Waals surface area (Å²) in [5.74, 6) is -0.156. The molecule has 2 aromatic carbocycles. The average Bonchev–Trinajstić information content (AvgIpc) is 2.64. The molecule has 29 heavy (non-hydrogen) atoms. The largest absolute Gasteiger partial charge is 0.444 e. The molecule has 0 aliphatic rings. The van der Waals surface area contributed by atoms with Crippen LogP contribution < -0.4 is 10.6 Å². The summed E-state index contributed by atoms with van der Waals surface area (Å²) in [5, 5.41) is 5.56. The molecule has 6 heteroatoms. The van der Waals surface area contributed by atoms with E-state index in [2.05, 4.69) is 10.6 Å². The Morgan fingerprint density at radius 1 is 1.00 bits per heavy atom. The third kappa shape index (κ3) is 7.41. The first-order valence-electron chi connectivity index (χ1n) is 9.63. The number of anilines is 1. The normalized spacial score (nSPS) is 10.9. The zero-order valence-corrected chi connectivity index (χ0v) is 17.4. The van der Waals surface area contributed by atoms with Gasteiger partial charge in [0.15, 0.2) is 5.78 Å². The maximum Gasteiger partial charge on any atom is 0.407 e. The summed E-state index contributed by atoms with van der Waals surface area (Å²) >= 11 is 0. The zero-order valence-electron chi connectivity index (χ0n) is 17.4. The number of nitrogens with one attached hydrogen (secondary N) is 2. The first-order chi connectivity index (χ1) is 13.7. The Morgan fingerprint density at radius 2 is 1.72 bits per heavy atom. The van der Waals surface area contributed by atoms with Crippen molar-refractivity contribution in [2.24, 2.45) is 0 Å². The second kappa shape index (κ2) is 9.87. The molecule has 2 N–H and O–H groups in total. The number of Topliss-reactive ketones (excluding diaryl/α,β-unsaturated/α-hetero) is 1. The molecule has 0 saturated heterocycles. The van der Waals surface area contributed by atoms with Crippen LogP contribution in [0.1, 0.15) is 50.9 Å². The maximum absolute atomic E-state index is 12.3. The number of hydrogen-bond donors (Lipinski definition) is 2. The molecule has 0 unspecified atom stereocenters. The third-order valence-electron chi connectivity index (χ3n) is 4.03. The van der Waals surface area contributed by atoms with Gasteiger partial charge in [-0.2, -0.15) is 0 Å². The highest BCUT2D eigenvalue weighted by Crippen LogP contribution is 2.28. The van der Waals surface area contributed by atoms with E-state index < -0.39 is 11.7 Å². The lowest BCUT2D eigenvalue weighted by Gasteiger charge is -2.19. The number of ketones is 1. The van der Waals surface area contributed by atoms with E-state index in [1.54, 1.807) is 26.8 Å². The number of carbonyl (C=O) groups excluding carboxylic acids is 3. The number of carbonyl (C=O) groups is 3. The van der Waals surface area contributed by atoms with Crippen LogP contribution in [0.4, 0.5) is 10.5 Å². The number of hydrogen-bond acceptors (Lipinski definition) is 4. The maximum atomic E-state index is 12.3. The van der Waals surface area contributed by atoms with Gasteiger partial charge in [-0.15, -0.1) is 0 Å². The summed E-state index contributed by atoms with van der Waals surface area (Å²) in [6.07, 6.45) is 0.263. The van der Waals surface area contributed by atoms with Crippen LogP contribution in [-0.2, 0) is 9.53 Å². The van der Waals surface area contributed by atoms with Crippen LogP contribution in [0, 0.1) is 0 Å². The molecule has 2 amide bonds. The molecule has 0 aliphatic carbocycles. The smallest absolute Gasteiger partial charge is 0.407 e. The van der Waals surface area contributed by atoms with Gasteiger partial charge in [-0.05, 0) is 51.8 Å². The SMILES string of the molecule is CC(=O)c1cccc(-c2ccccc2NC(=O)CCCNC(=O)OC(C)(C)C)c1. The number of amides is 2. The van der Waals surface area contributed by atoms with Gasteiger partial charge in [0.2, 0.25) is 5.91 Å². The lowest BCUT2D eigenvalue weighted by atomic mass is 10.00. The van der Waals surface area contributed by atoms with Crippen molar-refractivity contribution < 1.29 is 19.1 Å². The van der Waals surface area contributed by atoms with E-state index in [0.29, 0.717) is 24.2 Å². The Balaban J connectivity index is 1.94. The Kier molecular flexibility index (Phi) is 7.53. The Hall–Kier alpha value is -3.15. The highest BCUT2D eigenvalue weighted by Gasteiger charge is 2.15. The van der Waals surface area contributed by atoms with Gasteiger partial charge in [-0.25, -0.2) is 4.79 Å². The summed E-state index contributed by atoms with van der Waals surface area (Å²) in [5.41, 5.74) is 2.45. The molecule has 0 heterocycles. The van der Waals surface area contributed by atoms with Gasteiger partial charge in [-0.3, -0.25) is 9.59 Å². The van der Waals surface area contributed by atoms with Crippen molar-refractivity contribution in [3.8, 4) is 11.1 Å². The van der Waals surface area contributed by atoms with Gasteiger partial charge in [-0.1, -0.05) is 36.4 Å². The predicted molar refractivity (Wildman–Crippen MR) is 114 cm³/mol. The molecule has 0 bridgehead atoms. The molecule has 0 aromatic heterocycles. The van der Waals surface area contributed by atoms with Crippen molar-refractivity contribution in [1.82, 2.24) is 5.32 Å². The molecule has 0 aliphatic heterocycles. The van der Waals surface area contributed by atoms with Crippen LogP contribution in [0.15, 0.2) is 48.5 Å². The molecule has 0 spiro atoms. The molecule has 0 atom stereocenters. The summed E-state index contributed by atoms with van der Waals surface area (Å²) in [4.78, 5) is 35.6. The molecule has 0 fully saturated rings. The summed E-state index contributed by atoms with van der Waals surface area (Å²) < 4.78 is 5.16. The van der Waals surface area contributed by atoms with Crippen LogP contribution in [-0.4, -0.2) is 29.9 Å². The van der Waals surface area contributed by atoms with Crippen molar-refractivity contribution in [3.63, 3.8) is 0 Å². The van der Waals surface area contributed by atoms with Gasteiger partial charge in [0, 0.05) is 29.8 Å². The van der Waals surface area contributed by atoms with Gasteiger partial charge >= 0.3 is 6.09 Å². The van der Waals surface area contributed by atoms with Crippen LogP contribution >= 0.6 is 0 Å². The molecule has 0 saturated carbocycles. The molecular weight excluding hydrogens is 368 g/mol. The van der Waals surface area contributed by atoms with Crippen LogP contribution in [0.2, 0.25) is 0 Å². The van der Waals surface area contributed by atoms with E-state index in [-0.39, 0.29) is 18.1 Å². The topological polar surface area (TPSA) is 84.5 Å². The summed E-state index contributed by atoms with van der Waals surface area (Å²) in [6.45, 7) is 7.26. The Labute approximate surface area is 171 Å². The fraction of sp³-hybridized carbons (Fsp3) is 0.348. The van der Waals surface area contributed by atoms with Crippen molar-refractivity contribution in [2.75, 3.05) is 11.9 Å². The number of alkyl carbamates (subject to hydrolysis) is 1. The molecule has 154 valence electrons. The van der Waals surface area contributed by atoms with E-state index >= 15 is 0 Å². The second-order valence-electron chi connectivity index (χ2n) is 7.76. The van der Waals surface area contributed by atoms with E-state index in [9.17, 15) is 14.4 Å². The van der Waals surface area contributed by atoms with Crippen LogP contribution in [0.5, 0.6) is 0 Å². The molecular formula is C23H28N2O4. The quantitative estimate of drug-likeness (QED) is 0.520. The minimum absolute atomic E-state index is 0.00847. The average molecular weight is 396 g/mol. The number of rotatable bonds is 7. The lowest BCUT2D eigenvalue weighted by molar-refractivity contribution is -0.116. The van der Waals surface area contributed by atoms with Gasteiger partial charge in [0.05, 0.1) is 0 Å². The molecule has 2 aromatic rings. The van der Waals surface area contributed by atoms with Gasteiger partial charge in [0.1, 0.15) is 5.60 Å². The van der Waals surface area contributed by atoms with Crippen LogP contribution in [0.3, 0.4) is 0 Å². The zero-order chi connectivity index (χ0) is 21.4. The monoisotopic (exact) mass is 396 g/mol. The molecule has 0 radical (unpaired) electrons. The Morgan fingerprint density at radius 3 is 2.41 bits per heavy atom. The highest BCUT2D eigenvalue weighted by atomic mass is 16.6. The van der Waals surface area contributed by atoms with Crippen molar-refractivity contribution in [1.29, 1.82) is 0 Å². The Bertz CT molecular complexity index is 884. The van der Waals surface area contributed by atoms with Crippen molar-refractivity contribution >= 4 is 23.5 Å². The highest BCUT2D eigenvalue weighted by molar-refractivity contribution is 5.98. The standard InChI is InChI=1S/C23H28N2O4/c1-16(26)17-9-7-10-18(15-17)19-11-5-6-12-20(19)25-21(27)13-8-14-24-22(28)29-23(2,3)4/h5-7,9-12,15H,8,13-14H2,1-4H3,(H,24,28)(H,25,27). The number of benzene rings is 2. The first-order valence-corrected chi connectivity index (χ1v) is 9.63. The van der Waals surface area contributed by atoms with E-state index in [4.69, 9.17) is 4.74 Å². The van der Waals surface area contributed by atoms with Crippen LogP contribution in [0.25, 0.3) is 11.1 Å². The third-order valence-corrected chi connectivity index (χ3v) is 4.03. The minimum Gasteiger partial charge on any atom is -0.444 e. The number of para-hydroxylation sites is 1. The minimum atomic E-state index is -0.551. The summed E-state index contributed by atoms with van der Waals surface area (Å²) in [6, 6.07) is 14.8. The molecule has 6 nitrogen and oxygen atoms in total. The van der Waals surface area contributed by atoms with Crippen molar-refractivity contribution in [3.05, 3.63) is 54.1 Å². The van der Waals surface area contributed by atoms with Gasteiger partial charge < -0.3 is 15.4 Å². The first kappa shape index (κ1) is 22.1. The van der Waals surface area contributed by atoms with E-state index in [1.165, 1.54) is 6.92 Å². The fourth-order valence-corrected chi connectivity index (χ4v) is 2.72. The number of ether oxygens (including phenoxy) is 1. The second-order valence-corrected chi connectivity index (χ2v) is 7.76. The molecule has 2 rings (SSSR count). The predicted octanol–water partition coefficient (Wildman–Crippen LogP) is 4.80. The van der Waals surface area contributed by atoms with Gasteiger partial charge in [0.25, 0.3) is 0 Å². The van der Waals surface area contributed by atoms with E-state index in [0.717, 1.165) is 11.1 Å². The fourth-order valence-electron chi connectivity index (χ4n) is 2.72. The summed E-state index contributed by atoms with van der Waals surface area (Å²) in [7, 11) is 0. The van der Waals surface area contributed by atoms with Crippen molar-refractivity contribution in [2.45, 2.75) is 46.1 Å². The van der Waals surface area contributed by atoms with E-state index in [1.807, 2.05) is 42.5 Å².